The number of nitrogens with zero attached hydrogens (tertiary/aromatic N) is 1. The first-order chi connectivity index (χ1) is 12.4. The lowest BCUT2D eigenvalue weighted by Crippen LogP contribution is -2.40. The Balaban J connectivity index is 1.93. The van der Waals surface area contributed by atoms with Gasteiger partial charge in [-0.25, -0.2) is 8.42 Å². The Morgan fingerprint density at radius 2 is 2.08 bits per heavy atom. The summed E-state index contributed by atoms with van der Waals surface area (Å²) in [5.41, 5.74) is 0. The molecule has 2 rings (SSSR count). The summed E-state index contributed by atoms with van der Waals surface area (Å²) in [4.78, 5) is 11.8. The fourth-order valence-corrected chi connectivity index (χ4v) is 4.07. The van der Waals surface area contributed by atoms with Crippen LogP contribution < -0.4 is 10.1 Å². The molecule has 0 radical (unpaired) electrons. The highest BCUT2D eigenvalue weighted by atomic mass is 35.5. The highest BCUT2D eigenvalue weighted by Crippen LogP contribution is 2.29. The third-order valence-electron chi connectivity index (χ3n) is 3.72. The van der Waals surface area contributed by atoms with E-state index >= 15 is 0 Å². The molecule has 1 aliphatic rings. The summed E-state index contributed by atoms with van der Waals surface area (Å²) in [7, 11) is -2.03. The fourth-order valence-electron chi connectivity index (χ4n) is 2.33. The van der Waals surface area contributed by atoms with Gasteiger partial charge in [-0.2, -0.15) is 4.31 Å². The van der Waals surface area contributed by atoms with Crippen LogP contribution in [0.25, 0.3) is 0 Å². The molecule has 0 spiro atoms. The number of ether oxygens (including phenoxy) is 3. The van der Waals surface area contributed by atoms with Crippen molar-refractivity contribution in [2.75, 3.05) is 53.2 Å². The summed E-state index contributed by atoms with van der Waals surface area (Å²) in [6, 6.07) is 4.20. The summed E-state index contributed by atoms with van der Waals surface area (Å²) in [5, 5.41) is 2.82. The quantitative estimate of drug-likeness (QED) is 0.612. The molecule has 0 saturated carbocycles. The highest BCUT2D eigenvalue weighted by molar-refractivity contribution is 7.89. The minimum absolute atomic E-state index is 0.0840. The van der Waals surface area contributed by atoms with Crippen LogP contribution in [-0.2, 0) is 24.3 Å². The Kier molecular flexibility index (Phi) is 8.11. The van der Waals surface area contributed by atoms with Crippen LogP contribution in [0.4, 0.5) is 0 Å². The van der Waals surface area contributed by atoms with E-state index in [-0.39, 0.29) is 28.2 Å². The standard InChI is InChI=1S/C16H23ClN2O6S/c1-23-8-2-5-18-16(20)12-25-15-4-3-13(11-14(15)17)26(21,22)19-6-9-24-10-7-19/h3-4,11H,2,5-10,12H2,1H3,(H,18,20). The van der Waals surface area contributed by atoms with Crippen molar-refractivity contribution in [2.45, 2.75) is 11.3 Å². The molecule has 8 nitrogen and oxygen atoms in total. The van der Waals surface area contributed by atoms with Crippen LogP contribution in [0.2, 0.25) is 5.02 Å². The van der Waals surface area contributed by atoms with Crippen molar-refractivity contribution in [1.29, 1.82) is 0 Å². The molecule has 1 aliphatic heterocycles. The number of carbonyl (C=O) groups is 1. The molecule has 1 aromatic carbocycles. The Morgan fingerprint density at radius 1 is 1.35 bits per heavy atom. The van der Waals surface area contributed by atoms with Gasteiger partial charge in [0.2, 0.25) is 10.0 Å². The van der Waals surface area contributed by atoms with E-state index in [0.717, 1.165) is 0 Å². The Bertz CT molecular complexity index is 707. The van der Waals surface area contributed by atoms with Gasteiger partial charge in [0, 0.05) is 33.4 Å². The molecular formula is C16H23ClN2O6S. The van der Waals surface area contributed by atoms with E-state index in [0.29, 0.717) is 45.9 Å². The molecule has 0 unspecified atom stereocenters. The minimum atomic E-state index is -3.63. The van der Waals surface area contributed by atoms with Crippen molar-refractivity contribution < 1.29 is 27.4 Å². The molecule has 1 aromatic rings. The maximum Gasteiger partial charge on any atom is 0.257 e. The number of amides is 1. The second-order valence-electron chi connectivity index (χ2n) is 5.59. The van der Waals surface area contributed by atoms with E-state index in [4.69, 9.17) is 25.8 Å². The van der Waals surface area contributed by atoms with Gasteiger partial charge in [-0.3, -0.25) is 4.79 Å². The molecule has 1 saturated heterocycles. The molecule has 0 aliphatic carbocycles. The number of halogens is 1. The van der Waals surface area contributed by atoms with Crippen LogP contribution in [-0.4, -0.2) is 71.8 Å². The highest BCUT2D eigenvalue weighted by Gasteiger charge is 2.27. The van der Waals surface area contributed by atoms with E-state index in [1.54, 1.807) is 7.11 Å². The van der Waals surface area contributed by atoms with E-state index in [1.165, 1.54) is 22.5 Å². The monoisotopic (exact) mass is 406 g/mol. The number of nitrogens with one attached hydrogen (secondary N) is 1. The van der Waals surface area contributed by atoms with Gasteiger partial charge in [0.25, 0.3) is 5.91 Å². The van der Waals surface area contributed by atoms with Crippen LogP contribution in [0.15, 0.2) is 23.1 Å². The molecular weight excluding hydrogens is 384 g/mol. The van der Waals surface area contributed by atoms with Gasteiger partial charge < -0.3 is 19.5 Å². The number of methoxy groups -OCH3 is 1. The average molecular weight is 407 g/mol. The Labute approximate surface area is 158 Å². The van der Waals surface area contributed by atoms with E-state index in [2.05, 4.69) is 5.32 Å². The zero-order valence-electron chi connectivity index (χ0n) is 14.6. The lowest BCUT2D eigenvalue weighted by atomic mass is 10.3. The molecule has 0 bridgehead atoms. The average Bonchev–Trinajstić information content (AvgIpc) is 2.65. The first-order valence-corrected chi connectivity index (χ1v) is 10.0. The number of rotatable bonds is 9. The molecule has 0 atom stereocenters. The van der Waals surface area contributed by atoms with Gasteiger partial charge in [0.05, 0.1) is 23.1 Å². The van der Waals surface area contributed by atoms with Crippen molar-refractivity contribution >= 4 is 27.5 Å². The maximum absolute atomic E-state index is 12.6. The Hall–Kier alpha value is -1.39. The van der Waals surface area contributed by atoms with Crippen LogP contribution in [0, 0.1) is 0 Å². The summed E-state index contributed by atoms with van der Waals surface area (Å²) < 4.78 is 42.0. The molecule has 0 aromatic heterocycles. The van der Waals surface area contributed by atoms with Crippen LogP contribution in [0.5, 0.6) is 5.75 Å². The van der Waals surface area contributed by atoms with Crippen LogP contribution >= 0.6 is 11.6 Å². The van der Waals surface area contributed by atoms with Crippen molar-refractivity contribution in [2.24, 2.45) is 0 Å². The lowest BCUT2D eigenvalue weighted by Gasteiger charge is -2.26. The Morgan fingerprint density at radius 3 is 2.73 bits per heavy atom. The van der Waals surface area contributed by atoms with Crippen LogP contribution in [0.3, 0.4) is 0 Å². The minimum Gasteiger partial charge on any atom is -0.482 e. The first kappa shape index (κ1) is 20.9. The lowest BCUT2D eigenvalue weighted by molar-refractivity contribution is -0.123. The van der Waals surface area contributed by atoms with E-state index < -0.39 is 10.0 Å². The topological polar surface area (TPSA) is 94.2 Å². The number of carbonyl (C=O) groups excluding carboxylic acids is 1. The normalized spacial score (nSPS) is 15.6. The van der Waals surface area contributed by atoms with E-state index in [9.17, 15) is 13.2 Å². The smallest absolute Gasteiger partial charge is 0.257 e. The summed E-state index contributed by atoms with van der Waals surface area (Å²) in [5.74, 6) is -0.0400. The van der Waals surface area contributed by atoms with Crippen molar-refractivity contribution in [3.63, 3.8) is 0 Å². The van der Waals surface area contributed by atoms with Gasteiger partial charge in [-0.15, -0.1) is 0 Å². The van der Waals surface area contributed by atoms with Crippen molar-refractivity contribution in [3.05, 3.63) is 23.2 Å². The number of hydrogen-bond donors (Lipinski definition) is 1. The summed E-state index contributed by atoms with van der Waals surface area (Å²) in [6.07, 6.45) is 0.705. The fraction of sp³-hybridized carbons (Fsp3) is 0.562. The number of benzene rings is 1. The predicted octanol–water partition coefficient (Wildman–Crippen LogP) is 0.892. The van der Waals surface area contributed by atoms with Gasteiger partial charge in [0.15, 0.2) is 6.61 Å². The van der Waals surface area contributed by atoms with Gasteiger partial charge >= 0.3 is 0 Å². The number of sulfonamides is 1. The zero-order chi connectivity index (χ0) is 19.0. The van der Waals surface area contributed by atoms with E-state index in [1.807, 2.05) is 0 Å². The largest absolute Gasteiger partial charge is 0.482 e. The third kappa shape index (κ3) is 5.82. The molecule has 26 heavy (non-hydrogen) atoms. The van der Waals surface area contributed by atoms with Gasteiger partial charge in [0.1, 0.15) is 5.75 Å². The third-order valence-corrected chi connectivity index (χ3v) is 5.91. The first-order valence-electron chi connectivity index (χ1n) is 8.21. The summed E-state index contributed by atoms with van der Waals surface area (Å²) in [6.45, 7) is 2.19. The molecule has 1 amide bonds. The zero-order valence-corrected chi connectivity index (χ0v) is 16.1. The van der Waals surface area contributed by atoms with Gasteiger partial charge in [-0.1, -0.05) is 11.6 Å². The van der Waals surface area contributed by atoms with Crippen molar-refractivity contribution in [1.82, 2.24) is 9.62 Å². The second-order valence-corrected chi connectivity index (χ2v) is 7.94. The molecule has 146 valence electrons. The van der Waals surface area contributed by atoms with Gasteiger partial charge in [-0.05, 0) is 24.6 Å². The number of hydrogen-bond acceptors (Lipinski definition) is 6. The second kappa shape index (κ2) is 10.1. The predicted molar refractivity (Wildman–Crippen MR) is 96.0 cm³/mol. The maximum atomic E-state index is 12.6. The molecule has 10 heteroatoms. The van der Waals surface area contributed by atoms with Crippen LogP contribution in [0.1, 0.15) is 6.42 Å². The molecule has 1 heterocycles. The molecule has 1 N–H and O–H groups in total. The van der Waals surface area contributed by atoms with Crippen molar-refractivity contribution in [3.8, 4) is 5.75 Å². The summed E-state index contributed by atoms with van der Waals surface area (Å²) >= 11 is 6.12. The molecule has 1 fully saturated rings. The SMILES string of the molecule is COCCCNC(=O)COc1ccc(S(=O)(=O)N2CCOCC2)cc1Cl. The number of morpholine rings is 1.